The van der Waals surface area contributed by atoms with Crippen LogP contribution in [0.2, 0.25) is 5.02 Å². The smallest absolute Gasteiger partial charge is 0.367 e. The van der Waals surface area contributed by atoms with Crippen LogP contribution in [0.25, 0.3) is 33.2 Å². The van der Waals surface area contributed by atoms with Crippen LogP contribution in [-0.4, -0.2) is 75.4 Å². The molecule has 2 amide bonds. The number of rotatable bonds is 14. The van der Waals surface area contributed by atoms with Gasteiger partial charge in [0.05, 0.1) is 31.0 Å². The lowest BCUT2D eigenvalue weighted by atomic mass is 10.0. The van der Waals surface area contributed by atoms with Crippen molar-refractivity contribution in [3.8, 4) is 28.0 Å². The molecule has 16 heteroatoms. The van der Waals surface area contributed by atoms with E-state index in [9.17, 15) is 23.3 Å². The molecule has 0 spiro atoms. The standard InChI is InChI=1S/C39H39ClF2N5O7P/c1-5-53-55(51,54-6-2)22-52-36-16-34-30(15-29(36)25-17-43-24(4)44-18-25)31(23(3)48)20-46(34)21-37(49)47-19-26(41)14-35(47)39(50)45-33-13-9-11-28(38(33)42)27-10-7-8-12-32(27)40/h7-13,15-18,20,26,35H,5-6,14,19,21-22H2,1-4H3,(H,45,50)/t26-,35+/m1/s1. The summed E-state index contributed by atoms with van der Waals surface area (Å²) in [6.07, 6.45) is 2.42. The van der Waals surface area contributed by atoms with Gasteiger partial charge in [-0.2, -0.15) is 0 Å². The van der Waals surface area contributed by atoms with Crippen molar-refractivity contribution in [2.45, 2.75) is 52.9 Å². The molecule has 1 aliphatic rings. The number of benzene rings is 3. The van der Waals surface area contributed by atoms with E-state index in [1.807, 2.05) is 0 Å². The van der Waals surface area contributed by atoms with Crippen molar-refractivity contribution in [1.82, 2.24) is 19.4 Å². The third-order valence-corrected chi connectivity index (χ3v) is 11.2. The second kappa shape index (κ2) is 16.8. The van der Waals surface area contributed by atoms with Crippen molar-refractivity contribution in [3.63, 3.8) is 0 Å². The fourth-order valence-corrected chi connectivity index (χ4v) is 8.08. The minimum Gasteiger partial charge on any atom is -0.480 e. The molecule has 1 N–H and O–H groups in total. The molecular formula is C39H39ClF2N5O7P. The van der Waals surface area contributed by atoms with Gasteiger partial charge in [0.1, 0.15) is 30.3 Å². The van der Waals surface area contributed by atoms with Gasteiger partial charge in [-0.15, -0.1) is 0 Å². The number of alkyl halides is 1. The van der Waals surface area contributed by atoms with Gasteiger partial charge in [-0.1, -0.05) is 41.9 Å². The quantitative estimate of drug-likeness (QED) is 0.0869. The summed E-state index contributed by atoms with van der Waals surface area (Å²) in [6, 6.07) is 13.2. The van der Waals surface area contributed by atoms with E-state index in [1.54, 1.807) is 75.6 Å². The Morgan fingerprint density at radius 3 is 2.36 bits per heavy atom. The van der Waals surface area contributed by atoms with E-state index in [2.05, 4.69) is 15.3 Å². The Balaban J connectivity index is 1.32. The predicted octanol–water partition coefficient (Wildman–Crippen LogP) is 8.25. The predicted molar refractivity (Wildman–Crippen MR) is 205 cm³/mol. The zero-order valence-corrected chi connectivity index (χ0v) is 32.2. The van der Waals surface area contributed by atoms with E-state index in [0.29, 0.717) is 38.4 Å². The minimum atomic E-state index is -3.67. The molecular weight excluding hydrogens is 755 g/mol. The van der Waals surface area contributed by atoms with E-state index in [-0.39, 0.29) is 61.1 Å². The summed E-state index contributed by atoms with van der Waals surface area (Å²) in [6.45, 7) is 5.94. The van der Waals surface area contributed by atoms with E-state index in [0.717, 1.165) is 4.90 Å². The first-order valence-corrected chi connectivity index (χ1v) is 19.7. The zero-order chi connectivity index (χ0) is 39.4. The molecule has 288 valence electrons. The maximum atomic E-state index is 15.7. The molecule has 1 aliphatic heterocycles. The zero-order valence-electron chi connectivity index (χ0n) is 30.6. The molecule has 1 fully saturated rings. The lowest BCUT2D eigenvalue weighted by Crippen LogP contribution is -2.44. The molecule has 55 heavy (non-hydrogen) atoms. The third kappa shape index (κ3) is 8.63. The van der Waals surface area contributed by atoms with Gasteiger partial charge in [0.25, 0.3) is 0 Å². The number of hydrogen-bond acceptors (Lipinski definition) is 9. The highest BCUT2D eigenvalue weighted by Gasteiger charge is 2.40. The maximum absolute atomic E-state index is 15.7. The number of aryl methyl sites for hydroxylation is 1. The van der Waals surface area contributed by atoms with Crippen LogP contribution in [0.1, 0.15) is 43.4 Å². The van der Waals surface area contributed by atoms with Gasteiger partial charge in [-0.25, -0.2) is 18.7 Å². The molecule has 3 heterocycles. The summed E-state index contributed by atoms with van der Waals surface area (Å²) in [7, 11) is -3.67. The van der Waals surface area contributed by atoms with Crippen molar-refractivity contribution in [3.05, 3.63) is 95.4 Å². The summed E-state index contributed by atoms with van der Waals surface area (Å²) in [5, 5.41) is 3.32. The van der Waals surface area contributed by atoms with Crippen LogP contribution in [-0.2, 0) is 29.7 Å². The first-order chi connectivity index (χ1) is 26.3. The number of nitrogens with one attached hydrogen (secondary N) is 1. The number of likely N-dealkylation sites (tertiary alicyclic amines) is 1. The van der Waals surface area contributed by atoms with Crippen molar-refractivity contribution in [2.24, 2.45) is 0 Å². The average molecular weight is 794 g/mol. The molecule has 2 aromatic heterocycles. The molecule has 3 aromatic carbocycles. The first-order valence-electron chi connectivity index (χ1n) is 17.6. The lowest BCUT2D eigenvalue weighted by molar-refractivity contribution is -0.137. The van der Waals surface area contributed by atoms with Crippen molar-refractivity contribution < 1.29 is 41.5 Å². The molecule has 5 aromatic rings. The molecule has 6 rings (SSSR count). The molecule has 12 nitrogen and oxygen atoms in total. The van der Waals surface area contributed by atoms with E-state index in [4.69, 9.17) is 25.4 Å². The van der Waals surface area contributed by atoms with Crippen LogP contribution in [0.15, 0.2) is 73.2 Å². The fraction of sp³-hybridized carbons (Fsp3) is 0.308. The number of halogens is 3. The van der Waals surface area contributed by atoms with Gasteiger partial charge in [-0.05, 0) is 45.9 Å². The fourth-order valence-electron chi connectivity index (χ4n) is 6.54. The number of carbonyl (C=O) groups is 3. The Morgan fingerprint density at radius 1 is 1.00 bits per heavy atom. The number of aromatic nitrogens is 3. The summed E-state index contributed by atoms with van der Waals surface area (Å²) < 4.78 is 62.5. The molecule has 0 unspecified atom stereocenters. The molecule has 2 atom stereocenters. The average Bonchev–Trinajstić information content (AvgIpc) is 3.72. The molecule has 0 saturated carbocycles. The van der Waals surface area contributed by atoms with Crippen molar-refractivity contribution in [2.75, 3.05) is 31.4 Å². The normalized spacial score (nSPS) is 15.7. The molecule has 0 radical (unpaired) electrons. The lowest BCUT2D eigenvalue weighted by Gasteiger charge is -2.24. The summed E-state index contributed by atoms with van der Waals surface area (Å²) in [5.74, 6) is -1.67. The van der Waals surface area contributed by atoms with Gasteiger partial charge < -0.3 is 28.6 Å². The van der Waals surface area contributed by atoms with Gasteiger partial charge in [0, 0.05) is 69.3 Å². The third-order valence-electron chi connectivity index (χ3n) is 9.08. The van der Waals surface area contributed by atoms with Crippen LogP contribution in [0.3, 0.4) is 0 Å². The number of fused-ring (bicyclic) bond motifs is 1. The Hall–Kier alpha value is -5.01. The van der Waals surface area contributed by atoms with Crippen molar-refractivity contribution >= 4 is 53.4 Å². The monoisotopic (exact) mass is 793 g/mol. The number of Topliss-reactive ketones (excluding diaryl/α,β-unsaturated/α-hetero) is 1. The highest BCUT2D eigenvalue weighted by atomic mass is 35.5. The van der Waals surface area contributed by atoms with Gasteiger partial charge in [0.2, 0.25) is 11.8 Å². The van der Waals surface area contributed by atoms with Crippen LogP contribution in [0.5, 0.6) is 5.75 Å². The number of amides is 2. The molecule has 0 bridgehead atoms. The van der Waals surface area contributed by atoms with Crippen LogP contribution in [0.4, 0.5) is 14.5 Å². The Morgan fingerprint density at radius 2 is 1.69 bits per heavy atom. The Bertz CT molecular complexity index is 2290. The number of ether oxygens (including phenoxy) is 1. The number of anilines is 1. The van der Waals surface area contributed by atoms with E-state index in [1.165, 1.54) is 29.8 Å². The second-order valence-corrected chi connectivity index (χ2v) is 15.3. The second-order valence-electron chi connectivity index (χ2n) is 12.9. The SMILES string of the molecule is CCOP(=O)(COc1cc2c(cc1-c1cnc(C)nc1)c(C(C)=O)cn2CC(=O)N1C[C@H](F)C[C@H]1C(=O)Nc1cccc(-c2ccccc2Cl)c1F)OCC. The highest BCUT2D eigenvalue weighted by molar-refractivity contribution is 7.53. The largest absolute Gasteiger partial charge is 0.480 e. The summed E-state index contributed by atoms with van der Waals surface area (Å²) in [5.41, 5.74) is 2.12. The Labute approximate surface area is 321 Å². The Kier molecular flexibility index (Phi) is 12.1. The number of carbonyl (C=O) groups excluding carboxylic acids is 3. The number of nitrogens with zero attached hydrogens (tertiary/aromatic N) is 4. The van der Waals surface area contributed by atoms with Gasteiger partial charge >= 0.3 is 7.60 Å². The summed E-state index contributed by atoms with van der Waals surface area (Å²) >= 11 is 6.30. The van der Waals surface area contributed by atoms with Gasteiger partial charge in [-0.3, -0.25) is 18.9 Å². The number of hydrogen-bond donors (Lipinski definition) is 1. The topological polar surface area (TPSA) is 142 Å². The van der Waals surface area contributed by atoms with Crippen molar-refractivity contribution in [1.29, 1.82) is 0 Å². The van der Waals surface area contributed by atoms with Gasteiger partial charge in [0.15, 0.2) is 17.9 Å². The van der Waals surface area contributed by atoms with Crippen LogP contribution >= 0.6 is 19.2 Å². The summed E-state index contributed by atoms with van der Waals surface area (Å²) in [4.78, 5) is 50.2. The molecule has 0 aliphatic carbocycles. The first kappa shape index (κ1) is 39.7. The molecule has 1 saturated heterocycles. The minimum absolute atomic E-state index is 0.115. The maximum Gasteiger partial charge on any atom is 0.367 e. The van der Waals surface area contributed by atoms with E-state index >= 15 is 4.39 Å². The number of ketones is 1. The highest BCUT2D eigenvalue weighted by Crippen LogP contribution is 2.49. The van der Waals surface area contributed by atoms with Crippen LogP contribution < -0.4 is 10.1 Å². The van der Waals surface area contributed by atoms with Crippen LogP contribution in [0, 0.1) is 12.7 Å². The van der Waals surface area contributed by atoms with E-state index < -0.39 is 43.8 Å².